The van der Waals surface area contributed by atoms with Crippen molar-refractivity contribution in [2.75, 3.05) is 26.1 Å². The lowest BCUT2D eigenvalue weighted by Crippen LogP contribution is -2.41. The normalized spacial score (nSPS) is 16.2. The zero-order valence-corrected chi connectivity index (χ0v) is 14.8. The predicted molar refractivity (Wildman–Crippen MR) is 97.5 cm³/mol. The Morgan fingerprint density at radius 1 is 1.16 bits per heavy atom. The number of methoxy groups -OCH3 is 2. The maximum Gasteiger partial charge on any atom is 0.173 e. The van der Waals surface area contributed by atoms with Crippen LogP contribution in [0.1, 0.15) is 17.2 Å². The molecule has 2 N–H and O–H groups in total. The highest BCUT2D eigenvalue weighted by molar-refractivity contribution is 7.80. The Hall–Kier alpha value is -2.38. The molecular weight excluding hydrogens is 343 g/mol. The largest absolute Gasteiger partial charge is 0.496 e. The summed E-state index contributed by atoms with van der Waals surface area (Å²) in [5.74, 6) is 0.986. The van der Waals surface area contributed by atoms with Gasteiger partial charge in [0.1, 0.15) is 23.4 Å². The Morgan fingerprint density at radius 3 is 2.44 bits per heavy atom. The number of hydrogen-bond acceptors (Lipinski definition) is 4. The molecule has 0 spiro atoms. The highest BCUT2D eigenvalue weighted by atomic mass is 32.1. The Kier molecular flexibility index (Phi) is 5.06. The molecule has 25 heavy (non-hydrogen) atoms. The van der Waals surface area contributed by atoms with Crippen molar-refractivity contribution >= 4 is 23.0 Å². The molecule has 2 aromatic carbocycles. The molecule has 1 atom stereocenters. The SMILES string of the molecule is COc1ccc(OC)c2c1CN(C(=S)Nc1ccc(F)cc1)C[C@H]2O. The Balaban J connectivity index is 1.85. The Bertz CT molecular complexity index is 783. The summed E-state index contributed by atoms with van der Waals surface area (Å²) in [6, 6.07) is 9.54. The van der Waals surface area contributed by atoms with Gasteiger partial charge >= 0.3 is 0 Å². The lowest BCUT2D eigenvalue weighted by Gasteiger charge is -2.35. The number of hydrogen-bond donors (Lipinski definition) is 2. The molecule has 132 valence electrons. The summed E-state index contributed by atoms with van der Waals surface area (Å²) in [4.78, 5) is 1.84. The first-order chi connectivity index (χ1) is 12.0. The number of anilines is 1. The number of nitrogens with one attached hydrogen (secondary N) is 1. The van der Waals surface area contributed by atoms with Crippen LogP contribution in [-0.2, 0) is 6.54 Å². The van der Waals surface area contributed by atoms with Crippen molar-refractivity contribution < 1.29 is 19.0 Å². The van der Waals surface area contributed by atoms with Crippen molar-refractivity contribution in [3.63, 3.8) is 0 Å². The molecule has 0 saturated heterocycles. The number of aliphatic hydroxyl groups is 1. The number of aliphatic hydroxyl groups excluding tert-OH is 1. The van der Waals surface area contributed by atoms with Gasteiger partial charge in [-0.2, -0.15) is 0 Å². The summed E-state index contributed by atoms with van der Waals surface area (Å²) >= 11 is 5.45. The third kappa shape index (κ3) is 3.52. The average Bonchev–Trinajstić information content (AvgIpc) is 2.62. The number of thiocarbonyl (C=S) groups is 1. The molecule has 0 amide bonds. The van der Waals surface area contributed by atoms with Crippen LogP contribution < -0.4 is 14.8 Å². The number of halogens is 1. The summed E-state index contributed by atoms with van der Waals surface area (Å²) in [6.07, 6.45) is -0.762. The zero-order chi connectivity index (χ0) is 18.0. The first-order valence-corrected chi connectivity index (χ1v) is 8.17. The van der Waals surface area contributed by atoms with Gasteiger partial charge in [-0.1, -0.05) is 0 Å². The molecule has 0 radical (unpaired) electrons. The number of benzene rings is 2. The van der Waals surface area contributed by atoms with E-state index in [2.05, 4.69) is 5.32 Å². The van der Waals surface area contributed by atoms with Gasteiger partial charge < -0.3 is 24.8 Å². The maximum absolute atomic E-state index is 13.0. The predicted octanol–water partition coefficient (Wildman–Crippen LogP) is 3.09. The number of fused-ring (bicyclic) bond motifs is 1. The van der Waals surface area contributed by atoms with Crippen LogP contribution >= 0.6 is 12.2 Å². The maximum atomic E-state index is 13.0. The fourth-order valence-electron chi connectivity index (χ4n) is 2.97. The van der Waals surface area contributed by atoms with Crippen molar-refractivity contribution in [3.05, 3.63) is 53.3 Å². The smallest absolute Gasteiger partial charge is 0.173 e. The van der Waals surface area contributed by atoms with E-state index in [1.807, 2.05) is 11.0 Å². The standard InChI is InChI=1S/C18H19FN2O3S/c1-23-15-7-8-16(24-2)17-13(15)9-21(10-14(17)22)18(25)20-12-5-3-11(19)4-6-12/h3-8,14,22H,9-10H2,1-2H3,(H,20,25)/t14-/m1/s1. The second-order valence-corrected chi connectivity index (χ2v) is 6.08. The third-order valence-corrected chi connectivity index (χ3v) is 4.53. The molecule has 0 bridgehead atoms. The molecule has 5 nitrogen and oxygen atoms in total. The van der Waals surface area contributed by atoms with Crippen LogP contribution in [0.25, 0.3) is 0 Å². The van der Waals surface area contributed by atoms with E-state index < -0.39 is 6.10 Å². The summed E-state index contributed by atoms with van der Waals surface area (Å²) in [5.41, 5.74) is 2.25. The average molecular weight is 362 g/mol. The van der Waals surface area contributed by atoms with E-state index in [0.717, 1.165) is 11.1 Å². The molecule has 0 aliphatic carbocycles. The van der Waals surface area contributed by atoms with Crippen molar-refractivity contribution in [2.24, 2.45) is 0 Å². The molecule has 7 heteroatoms. The van der Waals surface area contributed by atoms with E-state index >= 15 is 0 Å². The van der Waals surface area contributed by atoms with E-state index in [-0.39, 0.29) is 5.82 Å². The topological polar surface area (TPSA) is 54.0 Å². The highest BCUT2D eigenvalue weighted by Crippen LogP contribution is 2.39. The molecule has 1 heterocycles. The summed E-state index contributed by atoms with van der Waals surface area (Å²) in [5, 5.41) is 14.1. The second-order valence-electron chi connectivity index (χ2n) is 5.70. The molecule has 0 saturated carbocycles. The fourth-order valence-corrected chi connectivity index (χ4v) is 3.22. The number of rotatable bonds is 3. The van der Waals surface area contributed by atoms with Crippen LogP contribution in [0.2, 0.25) is 0 Å². The van der Waals surface area contributed by atoms with Crippen molar-refractivity contribution in [1.82, 2.24) is 4.90 Å². The van der Waals surface area contributed by atoms with Gasteiger partial charge in [0, 0.05) is 23.4 Å². The van der Waals surface area contributed by atoms with Gasteiger partial charge in [0.25, 0.3) is 0 Å². The van der Waals surface area contributed by atoms with Gasteiger partial charge in [0.05, 0.1) is 20.8 Å². The van der Waals surface area contributed by atoms with E-state index in [9.17, 15) is 9.50 Å². The van der Waals surface area contributed by atoms with Crippen molar-refractivity contribution in [3.8, 4) is 11.5 Å². The third-order valence-electron chi connectivity index (χ3n) is 4.17. The molecule has 3 rings (SSSR count). The Labute approximate surface area is 151 Å². The van der Waals surface area contributed by atoms with E-state index in [1.165, 1.54) is 12.1 Å². The van der Waals surface area contributed by atoms with E-state index in [0.29, 0.717) is 35.4 Å². The number of nitrogens with zero attached hydrogens (tertiary/aromatic N) is 1. The minimum absolute atomic E-state index is 0.310. The van der Waals surface area contributed by atoms with Crippen LogP contribution in [0.15, 0.2) is 36.4 Å². The first kappa shape index (κ1) is 17.4. The highest BCUT2D eigenvalue weighted by Gasteiger charge is 2.30. The minimum Gasteiger partial charge on any atom is -0.496 e. The molecule has 2 aromatic rings. The second kappa shape index (κ2) is 7.25. The summed E-state index contributed by atoms with van der Waals surface area (Å²) in [7, 11) is 3.16. The monoisotopic (exact) mass is 362 g/mol. The molecule has 1 aliphatic heterocycles. The van der Waals surface area contributed by atoms with Gasteiger partial charge in [-0.15, -0.1) is 0 Å². The van der Waals surface area contributed by atoms with Crippen LogP contribution in [0, 0.1) is 5.82 Å². The van der Waals surface area contributed by atoms with Crippen molar-refractivity contribution in [2.45, 2.75) is 12.6 Å². The van der Waals surface area contributed by atoms with Gasteiger partial charge in [-0.3, -0.25) is 0 Å². The Morgan fingerprint density at radius 2 is 1.80 bits per heavy atom. The zero-order valence-electron chi connectivity index (χ0n) is 14.0. The van der Waals surface area contributed by atoms with Gasteiger partial charge in [-0.25, -0.2) is 4.39 Å². The quantitative estimate of drug-likeness (QED) is 0.819. The first-order valence-electron chi connectivity index (χ1n) is 7.76. The minimum atomic E-state index is -0.762. The summed E-state index contributed by atoms with van der Waals surface area (Å²) < 4.78 is 23.8. The van der Waals surface area contributed by atoms with Gasteiger partial charge in [0.15, 0.2) is 5.11 Å². The molecule has 0 aromatic heterocycles. The van der Waals surface area contributed by atoms with Crippen LogP contribution in [0.5, 0.6) is 11.5 Å². The molecule has 1 aliphatic rings. The lowest BCUT2D eigenvalue weighted by molar-refractivity contribution is 0.123. The fraction of sp³-hybridized carbons (Fsp3) is 0.278. The van der Waals surface area contributed by atoms with E-state index in [4.69, 9.17) is 21.7 Å². The van der Waals surface area contributed by atoms with Crippen LogP contribution in [0.3, 0.4) is 0 Å². The molecular formula is C18H19FN2O3S. The van der Waals surface area contributed by atoms with Crippen LogP contribution in [0.4, 0.5) is 10.1 Å². The lowest BCUT2D eigenvalue weighted by atomic mass is 9.95. The molecule has 0 fully saturated rings. The number of β-amino-alcohol motifs (C(OH)–C–C–N with tert-alkyl or cyclic N) is 1. The van der Waals surface area contributed by atoms with Gasteiger partial charge in [-0.05, 0) is 48.6 Å². The van der Waals surface area contributed by atoms with Crippen LogP contribution in [-0.4, -0.2) is 35.9 Å². The summed E-state index contributed by atoms with van der Waals surface area (Å²) in [6.45, 7) is 0.795. The van der Waals surface area contributed by atoms with Gasteiger partial charge in [0.2, 0.25) is 0 Å². The molecule has 0 unspecified atom stereocenters. The van der Waals surface area contributed by atoms with Crippen molar-refractivity contribution in [1.29, 1.82) is 0 Å². The van der Waals surface area contributed by atoms with E-state index in [1.54, 1.807) is 32.4 Å². The number of ether oxygens (including phenoxy) is 2.